The predicted molar refractivity (Wildman–Crippen MR) is 160 cm³/mol. The Bertz CT molecular complexity index is 1230. The van der Waals surface area contributed by atoms with Gasteiger partial charge in [0.25, 0.3) is 0 Å². The zero-order chi connectivity index (χ0) is 26.4. The summed E-state index contributed by atoms with van der Waals surface area (Å²) in [5.41, 5.74) is 8.96. The molecule has 0 saturated carbocycles. The number of hydrogen-bond donors (Lipinski definition) is 4. The molecule has 5 aliphatic rings. The quantitative estimate of drug-likeness (QED) is 0.433. The van der Waals surface area contributed by atoms with E-state index in [9.17, 15) is 0 Å². The van der Waals surface area contributed by atoms with Crippen LogP contribution in [-0.2, 0) is 0 Å². The standard InChI is InChI=1S/C32H43N7/c1-23-4-2-7-31(37-23)32-29(22-36-38-32)25-5-3-6-26-18-28(21-35-30(26)11-10-25)27-9-8-24(19-34-20-27)12-15-39-16-13-33-14-17-39/h3,6-7,9,18-23,25,30,33,35,37H,2,4-5,8,10-17H2,1H3,(H,36,38)/b6-3+. The summed E-state index contributed by atoms with van der Waals surface area (Å²) in [6, 6.07) is 0.845. The minimum Gasteiger partial charge on any atom is -0.384 e. The number of rotatable bonds is 6. The maximum Gasteiger partial charge on any atom is 0.0840 e. The zero-order valence-electron chi connectivity index (χ0n) is 23.3. The fourth-order valence-corrected chi connectivity index (χ4v) is 6.36. The van der Waals surface area contributed by atoms with Gasteiger partial charge < -0.3 is 20.9 Å². The number of aliphatic imine (C=N–C) groups is 1. The van der Waals surface area contributed by atoms with Crippen LogP contribution in [0.4, 0.5) is 0 Å². The van der Waals surface area contributed by atoms with E-state index in [0.717, 1.165) is 71.2 Å². The third-order valence-corrected chi connectivity index (χ3v) is 8.77. The molecule has 4 aliphatic heterocycles. The fourth-order valence-electron chi connectivity index (χ4n) is 6.36. The molecule has 7 heteroatoms. The molecular weight excluding hydrogens is 482 g/mol. The summed E-state index contributed by atoms with van der Waals surface area (Å²) in [5.74, 6) is 0.464. The van der Waals surface area contributed by atoms with Crippen molar-refractivity contribution >= 4 is 11.9 Å². The van der Waals surface area contributed by atoms with Crippen LogP contribution in [0.15, 0.2) is 76.3 Å². The normalized spacial score (nSPS) is 28.6. The minimum atomic E-state index is 0.339. The van der Waals surface area contributed by atoms with Crippen molar-refractivity contribution in [3.8, 4) is 0 Å². The molecule has 206 valence electrons. The summed E-state index contributed by atoms with van der Waals surface area (Å²) in [4.78, 5) is 7.23. The molecule has 5 heterocycles. The average molecular weight is 526 g/mol. The van der Waals surface area contributed by atoms with Crippen molar-refractivity contribution in [2.75, 3.05) is 32.7 Å². The number of fused-ring (bicyclic) bond motifs is 1. The van der Waals surface area contributed by atoms with Crippen molar-refractivity contribution in [3.05, 3.63) is 82.5 Å². The molecule has 3 atom stereocenters. The first-order valence-electron chi connectivity index (χ1n) is 14.9. The molecule has 4 N–H and O–H groups in total. The number of allylic oxidation sites excluding steroid dienone is 6. The third-order valence-electron chi connectivity index (χ3n) is 8.77. The highest BCUT2D eigenvalue weighted by Gasteiger charge is 2.25. The maximum atomic E-state index is 4.68. The summed E-state index contributed by atoms with van der Waals surface area (Å²) < 4.78 is 0. The first kappa shape index (κ1) is 26.1. The van der Waals surface area contributed by atoms with E-state index >= 15 is 0 Å². The van der Waals surface area contributed by atoms with Gasteiger partial charge in [-0.1, -0.05) is 24.3 Å². The Morgan fingerprint density at radius 2 is 2.00 bits per heavy atom. The van der Waals surface area contributed by atoms with Gasteiger partial charge in [-0.3, -0.25) is 10.1 Å². The Kier molecular flexibility index (Phi) is 8.26. The van der Waals surface area contributed by atoms with E-state index < -0.39 is 0 Å². The molecule has 3 unspecified atom stereocenters. The molecule has 1 saturated heterocycles. The average Bonchev–Trinajstić information content (AvgIpc) is 3.31. The van der Waals surface area contributed by atoms with E-state index in [1.807, 2.05) is 12.4 Å². The van der Waals surface area contributed by atoms with E-state index in [4.69, 9.17) is 0 Å². The molecule has 0 bridgehead atoms. The lowest BCUT2D eigenvalue weighted by atomic mass is 9.83. The van der Waals surface area contributed by atoms with Crippen molar-refractivity contribution in [2.45, 2.75) is 69.9 Å². The van der Waals surface area contributed by atoms with Gasteiger partial charge in [0.1, 0.15) is 0 Å². The van der Waals surface area contributed by atoms with Gasteiger partial charge in [-0.2, -0.15) is 5.10 Å². The predicted octanol–water partition coefficient (Wildman–Crippen LogP) is 4.71. The SMILES string of the molecule is CC1CCC=C(c2[nH]ncc2C2C/C=C/C3=CC(C4=CCC(CCN5CCNCC5)=CN=C4)=CNC3CC2)N1. The van der Waals surface area contributed by atoms with Crippen molar-refractivity contribution in [2.24, 2.45) is 4.99 Å². The largest absolute Gasteiger partial charge is 0.384 e. The number of aromatic nitrogens is 2. The second-order valence-corrected chi connectivity index (χ2v) is 11.6. The summed E-state index contributed by atoms with van der Waals surface area (Å²) in [6.45, 7) is 7.89. The van der Waals surface area contributed by atoms with Gasteiger partial charge in [-0.05, 0) is 86.2 Å². The number of dihydropyridines is 1. The Hall–Kier alpha value is -3.16. The molecule has 1 aromatic heterocycles. The number of aromatic amines is 1. The lowest BCUT2D eigenvalue weighted by Gasteiger charge is -2.29. The molecule has 0 amide bonds. The van der Waals surface area contributed by atoms with E-state index in [2.05, 4.69) is 85.7 Å². The zero-order valence-corrected chi connectivity index (χ0v) is 23.3. The van der Waals surface area contributed by atoms with Gasteiger partial charge in [0, 0.05) is 62.9 Å². The van der Waals surface area contributed by atoms with Gasteiger partial charge in [-0.15, -0.1) is 0 Å². The Morgan fingerprint density at radius 1 is 1.08 bits per heavy atom. The highest BCUT2D eigenvalue weighted by Crippen LogP contribution is 2.35. The van der Waals surface area contributed by atoms with E-state index in [1.54, 1.807) is 0 Å². The van der Waals surface area contributed by atoms with Gasteiger partial charge in [0.2, 0.25) is 0 Å². The van der Waals surface area contributed by atoms with E-state index in [-0.39, 0.29) is 0 Å². The molecule has 1 aliphatic carbocycles. The molecule has 39 heavy (non-hydrogen) atoms. The molecule has 1 fully saturated rings. The summed E-state index contributed by atoms with van der Waals surface area (Å²) >= 11 is 0. The van der Waals surface area contributed by atoms with Crippen LogP contribution < -0.4 is 16.0 Å². The number of piperazine rings is 1. The maximum absolute atomic E-state index is 4.68. The first-order valence-corrected chi connectivity index (χ1v) is 14.9. The summed E-state index contributed by atoms with van der Waals surface area (Å²) in [7, 11) is 0. The molecule has 6 rings (SSSR count). The van der Waals surface area contributed by atoms with Gasteiger partial charge >= 0.3 is 0 Å². The summed E-state index contributed by atoms with van der Waals surface area (Å²) in [5, 5.41) is 18.6. The van der Waals surface area contributed by atoms with Crippen molar-refractivity contribution in [3.63, 3.8) is 0 Å². The molecule has 1 aromatic rings. The van der Waals surface area contributed by atoms with Crippen LogP contribution in [0, 0.1) is 0 Å². The number of nitrogens with zero attached hydrogens (tertiary/aromatic N) is 3. The smallest absolute Gasteiger partial charge is 0.0840 e. The molecule has 0 spiro atoms. The van der Waals surface area contributed by atoms with Crippen LogP contribution in [-0.4, -0.2) is 66.1 Å². The van der Waals surface area contributed by atoms with Crippen molar-refractivity contribution in [1.82, 2.24) is 31.0 Å². The van der Waals surface area contributed by atoms with Gasteiger partial charge in [-0.25, -0.2) is 0 Å². The minimum absolute atomic E-state index is 0.339. The van der Waals surface area contributed by atoms with E-state index in [1.165, 1.54) is 45.7 Å². The molecule has 0 aromatic carbocycles. The lowest BCUT2D eigenvalue weighted by molar-refractivity contribution is 0.243. The van der Waals surface area contributed by atoms with Crippen LogP contribution in [0.5, 0.6) is 0 Å². The monoisotopic (exact) mass is 525 g/mol. The van der Waals surface area contributed by atoms with Crippen LogP contribution >= 0.6 is 0 Å². The third kappa shape index (κ3) is 6.36. The number of H-pyrrole nitrogens is 1. The number of hydrogen-bond acceptors (Lipinski definition) is 6. The Labute approximate surface area is 233 Å². The van der Waals surface area contributed by atoms with Crippen LogP contribution in [0.25, 0.3) is 5.70 Å². The van der Waals surface area contributed by atoms with Gasteiger partial charge in [0.15, 0.2) is 0 Å². The summed E-state index contributed by atoms with van der Waals surface area (Å²) in [6.07, 6.45) is 27.7. The highest BCUT2D eigenvalue weighted by atomic mass is 15.2. The second-order valence-electron chi connectivity index (χ2n) is 11.6. The van der Waals surface area contributed by atoms with Crippen LogP contribution in [0.3, 0.4) is 0 Å². The highest BCUT2D eigenvalue weighted by molar-refractivity contribution is 5.87. The van der Waals surface area contributed by atoms with Gasteiger partial charge in [0.05, 0.1) is 23.6 Å². The molecular formula is C32H43N7. The van der Waals surface area contributed by atoms with Crippen LogP contribution in [0.2, 0.25) is 0 Å². The fraction of sp³-hybridized carbons (Fsp3) is 0.500. The van der Waals surface area contributed by atoms with Crippen molar-refractivity contribution in [1.29, 1.82) is 0 Å². The molecule has 0 radical (unpaired) electrons. The van der Waals surface area contributed by atoms with E-state index in [0.29, 0.717) is 18.0 Å². The first-order chi connectivity index (χ1) is 19.2. The topological polar surface area (TPSA) is 80.4 Å². The van der Waals surface area contributed by atoms with Crippen LogP contribution in [0.1, 0.15) is 69.0 Å². The lowest BCUT2D eigenvalue weighted by Crippen LogP contribution is -2.43. The second kappa shape index (κ2) is 12.3. The molecule has 7 nitrogen and oxygen atoms in total. The number of nitrogens with one attached hydrogen (secondary N) is 4. The Balaban J connectivity index is 1.09. The van der Waals surface area contributed by atoms with Crippen molar-refractivity contribution < 1.29 is 0 Å². The Morgan fingerprint density at radius 3 is 2.90 bits per heavy atom.